The lowest BCUT2D eigenvalue weighted by Crippen LogP contribution is -2.52. The number of ether oxygens (including phenoxy) is 1. The molecule has 6 nitrogen and oxygen atoms in total. The van der Waals surface area contributed by atoms with Gasteiger partial charge in [0.1, 0.15) is 12.4 Å². The maximum atomic E-state index is 12.6. The number of aliphatic hydroxyl groups is 1. The largest absolute Gasteiger partial charge is 0.489 e. The van der Waals surface area contributed by atoms with Gasteiger partial charge in [0.05, 0.1) is 6.10 Å². The van der Waals surface area contributed by atoms with Crippen LogP contribution < -0.4 is 10.1 Å². The van der Waals surface area contributed by atoms with E-state index in [1.165, 1.54) is 0 Å². The van der Waals surface area contributed by atoms with Crippen LogP contribution in [-0.2, 0) is 26.1 Å². The summed E-state index contributed by atoms with van der Waals surface area (Å²) in [5.41, 5.74) is 5.21. The molecule has 0 saturated carbocycles. The number of nitrogens with one attached hydrogen (secondary N) is 1. The van der Waals surface area contributed by atoms with E-state index in [0.717, 1.165) is 33.6 Å². The molecule has 6 heteroatoms. The average molecular weight is 671 g/mol. The summed E-state index contributed by atoms with van der Waals surface area (Å²) in [4.78, 5) is 14.4. The van der Waals surface area contributed by atoms with E-state index in [1.807, 2.05) is 109 Å². The quantitative estimate of drug-likeness (QED) is 0.0976. The van der Waals surface area contributed by atoms with Crippen LogP contribution in [0.5, 0.6) is 5.75 Å². The van der Waals surface area contributed by atoms with Crippen LogP contribution in [0.3, 0.4) is 0 Å². The van der Waals surface area contributed by atoms with Crippen molar-refractivity contribution in [3.8, 4) is 5.75 Å². The topological polar surface area (TPSA) is 82.0 Å². The molecule has 0 fully saturated rings. The zero-order valence-corrected chi connectivity index (χ0v) is 29.4. The van der Waals surface area contributed by atoms with Gasteiger partial charge in [-0.1, -0.05) is 154 Å². The maximum Gasteiger partial charge on any atom is 0.404 e. The van der Waals surface area contributed by atoms with Gasteiger partial charge in [-0.15, -0.1) is 0 Å². The van der Waals surface area contributed by atoms with Gasteiger partial charge < -0.3 is 20.3 Å². The van der Waals surface area contributed by atoms with Crippen molar-refractivity contribution in [1.82, 2.24) is 10.2 Å². The van der Waals surface area contributed by atoms with Gasteiger partial charge in [0.15, 0.2) is 0 Å². The van der Waals surface area contributed by atoms with Crippen molar-refractivity contribution >= 4 is 6.09 Å². The Bertz CT molecular complexity index is 1670. The summed E-state index contributed by atoms with van der Waals surface area (Å²) in [6.07, 6.45) is -1.25. The Balaban J connectivity index is 1.54. The van der Waals surface area contributed by atoms with Gasteiger partial charge in [-0.25, -0.2) is 4.79 Å². The Labute approximate surface area is 297 Å². The van der Waals surface area contributed by atoms with Crippen molar-refractivity contribution in [3.05, 3.63) is 173 Å². The molecule has 0 bridgehead atoms. The van der Waals surface area contributed by atoms with E-state index in [-0.39, 0.29) is 23.8 Å². The number of benzene rings is 5. The molecule has 0 heterocycles. The molecular formula is C44H50N2O4. The van der Waals surface area contributed by atoms with Crippen LogP contribution in [0.2, 0.25) is 0 Å². The van der Waals surface area contributed by atoms with Crippen molar-refractivity contribution in [2.24, 2.45) is 5.41 Å². The van der Waals surface area contributed by atoms with E-state index in [2.05, 4.69) is 67.4 Å². The van der Waals surface area contributed by atoms with Crippen LogP contribution in [0.1, 0.15) is 60.9 Å². The number of rotatable bonds is 16. The van der Waals surface area contributed by atoms with Crippen molar-refractivity contribution < 1.29 is 19.7 Å². The van der Waals surface area contributed by atoms with Crippen LogP contribution >= 0.6 is 0 Å². The molecule has 5 aromatic rings. The van der Waals surface area contributed by atoms with Crippen molar-refractivity contribution in [3.63, 3.8) is 0 Å². The van der Waals surface area contributed by atoms with Crippen LogP contribution in [0, 0.1) is 5.41 Å². The molecule has 0 radical (unpaired) electrons. The van der Waals surface area contributed by atoms with E-state index in [0.29, 0.717) is 26.1 Å². The highest BCUT2D eigenvalue weighted by atomic mass is 16.5. The second-order valence-corrected chi connectivity index (χ2v) is 14.2. The summed E-state index contributed by atoms with van der Waals surface area (Å²) in [6.45, 7) is 8.35. The summed E-state index contributed by atoms with van der Waals surface area (Å²) < 4.78 is 6.15. The summed E-state index contributed by atoms with van der Waals surface area (Å²) in [6, 6.07) is 48.1. The third kappa shape index (κ3) is 10.8. The van der Waals surface area contributed by atoms with E-state index in [1.54, 1.807) is 0 Å². The van der Waals surface area contributed by atoms with E-state index in [9.17, 15) is 15.0 Å². The molecule has 0 saturated heterocycles. The normalized spacial score (nSPS) is 14.0. The molecule has 5 aromatic carbocycles. The lowest BCUT2D eigenvalue weighted by molar-refractivity contribution is -0.00758. The smallest absolute Gasteiger partial charge is 0.404 e. The molecule has 3 N–H and O–H groups in total. The molecule has 0 spiro atoms. The molecular weight excluding hydrogens is 620 g/mol. The first-order valence-electron chi connectivity index (χ1n) is 17.5. The van der Waals surface area contributed by atoms with Gasteiger partial charge in [0.25, 0.3) is 0 Å². The third-order valence-corrected chi connectivity index (χ3v) is 9.21. The summed E-state index contributed by atoms with van der Waals surface area (Å²) >= 11 is 0. The molecule has 0 aromatic heterocycles. The number of aliphatic hydroxyl groups excluding tert-OH is 1. The van der Waals surface area contributed by atoms with Crippen LogP contribution in [0.4, 0.5) is 4.79 Å². The Kier molecular flexibility index (Phi) is 12.8. The third-order valence-electron chi connectivity index (χ3n) is 9.21. The maximum absolute atomic E-state index is 12.6. The van der Waals surface area contributed by atoms with Crippen LogP contribution in [0.15, 0.2) is 146 Å². The van der Waals surface area contributed by atoms with Gasteiger partial charge in [0.2, 0.25) is 0 Å². The predicted octanol–water partition coefficient (Wildman–Crippen LogP) is 9.10. The number of carboxylic acid groups (broad SMARTS) is 1. The van der Waals surface area contributed by atoms with E-state index >= 15 is 0 Å². The first-order chi connectivity index (χ1) is 24.2. The second kappa shape index (κ2) is 17.7. The summed E-state index contributed by atoms with van der Waals surface area (Å²) in [7, 11) is 0. The summed E-state index contributed by atoms with van der Waals surface area (Å²) in [5, 5.41) is 25.1. The van der Waals surface area contributed by atoms with Gasteiger partial charge in [-0.05, 0) is 58.2 Å². The van der Waals surface area contributed by atoms with Gasteiger partial charge in [-0.2, -0.15) is 0 Å². The Morgan fingerprint density at radius 1 is 0.680 bits per heavy atom. The predicted molar refractivity (Wildman–Crippen MR) is 201 cm³/mol. The Morgan fingerprint density at radius 3 is 1.60 bits per heavy atom. The van der Waals surface area contributed by atoms with Crippen molar-refractivity contribution in [2.75, 3.05) is 0 Å². The SMILES string of the molecule is CC(C)(C)C(c1ccc(OCc2ccccc2)cc1)[C@@H]([C@@H](O)C[C@H](Cc1ccccc1)NC(=O)O)N(Cc1ccccc1)Cc1ccccc1. The highest BCUT2D eigenvalue weighted by molar-refractivity contribution is 5.64. The molecule has 1 amide bonds. The van der Waals surface area contributed by atoms with Crippen LogP contribution in [0.25, 0.3) is 0 Å². The zero-order chi connectivity index (χ0) is 35.3. The van der Waals surface area contributed by atoms with Gasteiger partial charge >= 0.3 is 6.09 Å². The molecule has 4 atom stereocenters. The fourth-order valence-corrected chi connectivity index (χ4v) is 7.00. The Morgan fingerprint density at radius 2 is 1.14 bits per heavy atom. The first-order valence-corrected chi connectivity index (χ1v) is 17.5. The molecule has 0 aliphatic rings. The van der Waals surface area contributed by atoms with E-state index < -0.39 is 18.2 Å². The zero-order valence-electron chi connectivity index (χ0n) is 29.4. The number of hydrogen-bond acceptors (Lipinski definition) is 4. The number of nitrogens with zero attached hydrogens (tertiary/aromatic N) is 1. The minimum absolute atomic E-state index is 0.129. The minimum Gasteiger partial charge on any atom is -0.489 e. The fourth-order valence-electron chi connectivity index (χ4n) is 7.00. The van der Waals surface area contributed by atoms with Gasteiger partial charge in [-0.3, -0.25) is 4.90 Å². The van der Waals surface area contributed by atoms with E-state index in [4.69, 9.17) is 4.74 Å². The number of carbonyl (C=O) groups is 1. The lowest BCUT2D eigenvalue weighted by atomic mass is 9.69. The second-order valence-electron chi connectivity index (χ2n) is 14.2. The lowest BCUT2D eigenvalue weighted by Gasteiger charge is -2.46. The fraction of sp³-hybridized carbons (Fsp3) is 0.295. The molecule has 50 heavy (non-hydrogen) atoms. The van der Waals surface area contributed by atoms with Crippen molar-refractivity contribution in [1.29, 1.82) is 0 Å². The molecule has 5 rings (SSSR count). The van der Waals surface area contributed by atoms with Crippen molar-refractivity contribution in [2.45, 2.75) is 77.4 Å². The standard InChI is InChI=1S/C44H50N2O4/c1-44(2,3)41(37-24-26-39(27-25-37)50-32-36-22-14-7-15-23-36)42(40(47)29-38(45-43(48)49)28-33-16-8-4-9-17-33)46(30-34-18-10-5-11-19-34)31-35-20-12-6-13-21-35/h4-27,38,40-42,45,47H,28-32H2,1-3H3,(H,48,49)/t38-,40-,41?,42+/m0/s1. The molecule has 0 aliphatic carbocycles. The monoisotopic (exact) mass is 670 g/mol. The van der Waals surface area contributed by atoms with Gasteiger partial charge in [0, 0.05) is 31.1 Å². The molecule has 1 unspecified atom stereocenters. The van der Waals surface area contributed by atoms with Crippen LogP contribution in [-0.4, -0.2) is 39.4 Å². The highest BCUT2D eigenvalue weighted by Gasteiger charge is 2.42. The Hall–Kier alpha value is -4.91. The average Bonchev–Trinajstić information content (AvgIpc) is 3.10. The first kappa shape index (κ1) is 36.4. The minimum atomic E-state index is -1.10. The molecule has 0 aliphatic heterocycles. The highest BCUT2D eigenvalue weighted by Crippen LogP contribution is 2.43. The number of hydrogen-bond donors (Lipinski definition) is 3. The molecule has 260 valence electrons. The number of amides is 1. The summed E-state index contributed by atoms with van der Waals surface area (Å²) in [5.74, 6) is 0.650.